The summed E-state index contributed by atoms with van der Waals surface area (Å²) in [7, 11) is 0. The Kier molecular flexibility index (Phi) is 4.74. The highest BCUT2D eigenvalue weighted by atomic mass is 19.1. The molecule has 0 saturated carbocycles. The van der Waals surface area contributed by atoms with Gasteiger partial charge in [-0.2, -0.15) is 4.98 Å². The van der Waals surface area contributed by atoms with E-state index < -0.39 is 0 Å². The number of aromatic nitrogens is 2. The summed E-state index contributed by atoms with van der Waals surface area (Å²) >= 11 is 0. The predicted octanol–water partition coefficient (Wildman–Crippen LogP) is 3.55. The van der Waals surface area contributed by atoms with Crippen LogP contribution in [0.1, 0.15) is 38.5 Å². The lowest BCUT2D eigenvalue weighted by Crippen LogP contribution is -2.38. The van der Waals surface area contributed by atoms with Crippen LogP contribution in [0.15, 0.2) is 40.4 Å². The fourth-order valence-electron chi connectivity index (χ4n) is 2.83. The average Bonchev–Trinajstić information content (AvgIpc) is 3.05. The van der Waals surface area contributed by atoms with Crippen LogP contribution in [0.4, 0.5) is 4.39 Å². The van der Waals surface area contributed by atoms with Gasteiger partial charge in [-0.05, 0) is 51.0 Å². The number of hydrogen-bond donors (Lipinski definition) is 0. The highest BCUT2D eigenvalue weighted by Crippen LogP contribution is 2.27. The molecule has 1 fully saturated rings. The van der Waals surface area contributed by atoms with Crippen LogP contribution >= 0.6 is 0 Å². The molecule has 1 atom stereocenters. The van der Waals surface area contributed by atoms with Crippen molar-refractivity contribution in [2.45, 2.75) is 32.6 Å². The topological polar surface area (TPSA) is 59.2 Å². The minimum Gasteiger partial charge on any atom is -0.339 e. The Morgan fingerprint density at radius 3 is 2.79 bits per heavy atom. The van der Waals surface area contributed by atoms with E-state index in [1.807, 2.05) is 18.7 Å². The summed E-state index contributed by atoms with van der Waals surface area (Å²) in [4.78, 5) is 18.4. The lowest BCUT2D eigenvalue weighted by Gasteiger charge is -2.30. The van der Waals surface area contributed by atoms with Crippen molar-refractivity contribution in [2.24, 2.45) is 0 Å². The van der Waals surface area contributed by atoms with E-state index in [1.165, 1.54) is 12.1 Å². The first-order chi connectivity index (χ1) is 11.5. The van der Waals surface area contributed by atoms with Gasteiger partial charge in [0.2, 0.25) is 17.6 Å². The van der Waals surface area contributed by atoms with E-state index in [2.05, 4.69) is 10.1 Å². The summed E-state index contributed by atoms with van der Waals surface area (Å²) in [6, 6.07) is 5.97. The third kappa shape index (κ3) is 3.69. The second kappa shape index (κ2) is 6.95. The first-order valence-electron chi connectivity index (χ1n) is 8.06. The van der Waals surface area contributed by atoms with Crippen molar-refractivity contribution in [2.75, 3.05) is 13.1 Å². The molecule has 1 aliphatic rings. The largest absolute Gasteiger partial charge is 0.339 e. The molecule has 1 aromatic carbocycles. The van der Waals surface area contributed by atoms with Gasteiger partial charge in [-0.1, -0.05) is 10.7 Å². The van der Waals surface area contributed by atoms with Gasteiger partial charge in [-0.3, -0.25) is 4.79 Å². The van der Waals surface area contributed by atoms with Crippen molar-refractivity contribution in [3.63, 3.8) is 0 Å². The first kappa shape index (κ1) is 16.4. The summed E-state index contributed by atoms with van der Waals surface area (Å²) < 4.78 is 18.4. The van der Waals surface area contributed by atoms with E-state index in [1.54, 1.807) is 18.2 Å². The van der Waals surface area contributed by atoms with E-state index in [9.17, 15) is 9.18 Å². The van der Waals surface area contributed by atoms with Gasteiger partial charge in [0.1, 0.15) is 5.82 Å². The second-order valence-corrected chi connectivity index (χ2v) is 6.31. The zero-order valence-electron chi connectivity index (χ0n) is 13.8. The number of piperidine rings is 1. The maximum Gasteiger partial charge on any atom is 0.246 e. The van der Waals surface area contributed by atoms with Crippen LogP contribution in [0.2, 0.25) is 0 Å². The molecule has 0 radical (unpaired) electrons. The van der Waals surface area contributed by atoms with Crippen LogP contribution in [0, 0.1) is 5.82 Å². The number of benzene rings is 1. The van der Waals surface area contributed by atoms with Crippen LogP contribution < -0.4 is 0 Å². The number of allylic oxidation sites excluding steroid dienone is 1. The molecule has 1 saturated heterocycles. The summed E-state index contributed by atoms with van der Waals surface area (Å²) in [6.45, 7) is 5.14. The highest BCUT2D eigenvalue weighted by molar-refractivity contribution is 5.88. The molecule has 2 heterocycles. The molecule has 126 valence electrons. The molecule has 5 nitrogen and oxygen atoms in total. The van der Waals surface area contributed by atoms with Crippen LogP contribution in [-0.4, -0.2) is 34.0 Å². The molecule has 6 heteroatoms. The van der Waals surface area contributed by atoms with Crippen LogP contribution in [0.25, 0.3) is 11.4 Å². The summed E-state index contributed by atoms with van der Waals surface area (Å²) in [6.07, 6.45) is 3.46. The average molecular weight is 329 g/mol. The zero-order valence-corrected chi connectivity index (χ0v) is 13.8. The van der Waals surface area contributed by atoms with Crippen LogP contribution in [-0.2, 0) is 4.79 Å². The second-order valence-electron chi connectivity index (χ2n) is 6.31. The van der Waals surface area contributed by atoms with Gasteiger partial charge in [0, 0.05) is 24.7 Å². The Bertz CT molecular complexity index is 748. The molecule has 0 aliphatic carbocycles. The van der Waals surface area contributed by atoms with Gasteiger partial charge in [0.15, 0.2) is 0 Å². The van der Waals surface area contributed by atoms with Gasteiger partial charge in [-0.25, -0.2) is 4.39 Å². The summed E-state index contributed by atoms with van der Waals surface area (Å²) in [5.41, 5.74) is 1.69. The van der Waals surface area contributed by atoms with Crippen molar-refractivity contribution in [3.8, 4) is 11.4 Å². The Balaban J connectivity index is 1.74. The molecule has 2 aromatic rings. The molecular weight excluding hydrogens is 309 g/mol. The highest BCUT2D eigenvalue weighted by Gasteiger charge is 2.28. The molecule has 0 unspecified atom stereocenters. The SMILES string of the molecule is CC(C)=CC(=O)N1CCC[C@@H](c2nc(-c3ccc(F)cc3)no2)C1. The number of halogens is 1. The van der Waals surface area contributed by atoms with Crippen molar-refractivity contribution >= 4 is 5.91 Å². The lowest BCUT2D eigenvalue weighted by atomic mass is 9.97. The Morgan fingerprint density at radius 2 is 2.08 bits per heavy atom. The lowest BCUT2D eigenvalue weighted by molar-refractivity contribution is -0.127. The van der Waals surface area contributed by atoms with Gasteiger partial charge in [0.25, 0.3) is 0 Å². The smallest absolute Gasteiger partial charge is 0.246 e. The van der Waals surface area contributed by atoms with Gasteiger partial charge in [0.05, 0.1) is 5.92 Å². The molecule has 0 spiro atoms. The normalized spacial score (nSPS) is 17.6. The van der Waals surface area contributed by atoms with Gasteiger partial charge < -0.3 is 9.42 Å². The maximum absolute atomic E-state index is 13.0. The molecule has 0 N–H and O–H groups in total. The van der Waals surface area contributed by atoms with E-state index in [-0.39, 0.29) is 17.6 Å². The fraction of sp³-hybridized carbons (Fsp3) is 0.389. The third-order valence-electron chi connectivity index (χ3n) is 4.04. The number of likely N-dealkylation sites (tertiary alicyclic amines) is 1. The molecule has 0 bridgehead atoms. The van der Waals surface area contributed by atoms with Crippen molar-refractivity contribution < 1.29 is 13.7 Å². The standard InChI is InChI=1S/C18H20FN3O2/c1-12(2)10-16(23)22-9-3-4-14(11-22)18-20-17(21-24-18)13-5-7-15(19)8-6-13/h5-8,10,14H,3-4,9,11H2,1-2H3/t14-/m1/s1. The predicted molar refractivity (Wildman–Crippen MR) is 87.7 cm³/mol. The number of rotatable bonds is 3. The molecule has 24 heavy (non-hydrogen) atoms. The number of carbonyl (C=O) groups excluding carboxylic acids is 1. The maximum atomic E-state index is 13.0. The summed E-state index contributed by atoms with van der Waals surface area (Å²) in [5.74, 6) is 0.734. The van der Waals surface area contributed by atoms with E-state index in [0.717, 1.165) is 25.0 Å². The molecule has 1 aromatic heterocycles. The zero-order chi connectivity index (χ0) is 17.1. The Hall–Kier alpha value is -2.50. The van der Waals surface area contributed by atoms with E-state index in [0.29, 0.717) is 23.8 Å². The fourth-order valence-corrected chi connectivity index (χ4v) is 2.83. The van der Waals surface area contributed by atoms with Crippen LogP contribution in [0.3, 0.4) is 0 Å². The van der Waals surface area contributed by atoms with E-state index >= 15 is 0 Å². The quantitative estimate of drug-likeness (QED) is 0.808. The van der Waals surface area contributed by atoms with Crippen molar-refractivity contribution in [1.29, 1.82) is 0 Å². The molecule has 1 amide bonds. The number of amides is 1. The number of hydrogen-bond acceptors (Lipinski definition) is 4. The Morgan fingerprint density at radius 1 is 1.33 bits per heavy atom. The minimum atomic E-state index is -0.303. The Labute approximate surface area is 140 Å². The molecular formula is C18H20FN3O2. The summed E-state index contributed by atoms with van der Waals surface area (Å²) in [5, 5.41) is 3.99. The van der Waals surface area contributed by atoms with Gasteiger partial charge in [-0.15, -0.1) is 0 Å². The third-order valence-corrected chi connectivity index (χ3v) is 4.04. The monoisotopic (exact) mass is 329 g/mol. The van der Waals surface area contributed by atoms with Crippen LogP contribution in [0.5, 0.6) is 0 Å². The van der Waals surface area contributed by atoms with E-state index in [4.69, 9.17) is 4.52 Å². The molecule has 1 aliphatic heterocycles. The van der Waals surface area contributed by atoms with Crippen molar-refractivity contribution in [1.82, 2.24) is 15.0 Å². The van der Waals surface area contributed by atoms with Gasteiger partial charge >= 0.3 is 0 Å². The number of nitrogens with zero attached hydrogens (tertiary/aromatic N) is 3. The minimum absolute atomic E-state index is 0.0259. The number of carbonyl (C=O) groups is 1. The first-order valence-corrected chi connectivity index (χ1v) is 8.06. The van der Waals surface area contributed by atoms with Crippen molar-refractivity contribution in [3.05, 3.63) is 47.6 Å². The molecule has 3 rings (SSSR count).